The van der Waals surface area contributed by atoms with Crippen LogP contribution in [0.25, 0.3) is 5.65 Å². The number of para-hydroxylation sites is 1. The average Bonchev–Trinajstić information content (AvgIpc) is 3.08. The van der Waals surface area contributed by atoms with E-state index in [0.717, 1.165) is 5.56 Å². The van der Waals surface area contributed by atoms with Crippen molar-refractivity contribution >= 4 is 11.6 Å². The number of carbonyl (C=O) groups excluding carboxylic acids is 1. The van der Waals surface area contributed by atoms with Gasteiger partial charge in [-0.05, 0) is 30.7 Å². The molecule has 0 bridgehead atoms. The molecule has 27 heavy (non-hydrogen) atoms. The smallest absolute Gasteiger partial charge is 0.274 e. The molecule has 7 heteroatoms. The van der Waals surface area contributed by atoms with Gasteiger partial charge in [-0.1, -0.05) is 18.2 Å². The minimum absolute atomic E-state index is 0.167. The van der Waals surface area contributed by atoms with Gasteiger partial charge in [-0.2, -0.15) is 0 Å². The number of hydrogen-bond donors (Lipinski definition) is 0. The number of halogens is 1. The van der Waals surface area contributed by atoms with Gasteiger partial charge >= 0.3 is 0 Å². The molecule has 0 atom stereocenters. The van der Waals surface area contributed by atoms with Gasteiger partial charge in [0.25, 0.3) is 5.91 Å². The molecular weight excluding hydrogens is 349 g/mol. The third-order valence-corrected chi connectivity index (χ3v) is 4.13. The standard InChI is InChI=1S/C20H22FN3O3/c1-15-7-8-19-22-17(14-24(19)13-15)20(25)23(9-11-26-2)10-12-27-18-6-4-3-5-16(18)21/h3-8,13-14H,9-12H2,1-2H3. The number of rotatable bonds is 8. The molecule has 0 N–H and O–H groups in total. The van der Waals surface area contributed by atoms with Gasteiger partial charge in [0.15, 0.2) is 11.6 Å². The maximum Gasteiger partial charge on any atom is 0.274 e. The Labute approximate surface area is 157 Å². The zero-order valence-corrected chi connectivity index (χ0v) is 15.4. The summed E-state index contributed by atoms with van der Waals surface area (Å²) in [5, 5.41) is 0. The van der Waals surface area contributed by atoms with Gasteiger partial charge in [-0.15, -0.1) is 0 Å². The quantitative estimate of drug-likeness (QED) is 0.611. The summed E-state index contributed by atoms with van der Waals surface area (Å²) in [6.45, 7) is 3.22. The summed E-state index contributed by atoms with van der Waals surface area (Å²) in [6, 6.07) is 10.0. The third-order valence-electron chi connectivity index (χ3n) is 4.13. The summed E-state index contributed by atoms with van der Waals surface area (Å²) < 4.78 is 26.0. The second kappa shape index (κ2) is 8.64. The SMILES string of the molecule is COCCN(CCOc1ccccc1F)C(=O)c1cn2cc(C)ccc2n1. The highest BCUT2D eigenvalue weighted by molar-refractivity contribution is 5.93. The van der Waals surface area contributed by atoms with E-state index in [4.69, 9.17) is 9.47 Å². The molecule has 1 amide bonds. The normalized spacial score (nSPS) is 10.9. The molecule has 0 saturated heterocycles. The van der Waals surface area contributed by atoms with Crippen molar-refractivity contribution in [1.82, 2.24) is 14.3 Å². The lowest BCUT2D eigenvalue weighted by Gasteiger charge is -2.21. The van der Waals surface area contributed by atoms with Crippen LogP contribution in [0.4, 0.5) is 4.39 Å². The zero-order chi connectivity index (χ0) is 19.2. The van der Waals surface area contributed by atoms with Gasteiger partial charge in [0.2, 0.25) is 0 Å². The number of nitrogens with zero attached hydrogens (tertiary/aromatic N) is 3. The van der Waals surface area contributed by atoms with Crippen LogP contribution in [-0.2, 0) is 4.74 Å². The predicted octanol–water partition coefficient (Wildman–Crippen LogP) is 2.95. The lowest BCUT2D eigenvalue weighted by atomic mass is 10.3. The highest BCUT2D eigenvalue weighted by atomic mass is 19.1. The molecule has 0 aliphatic carbocycles. The largest absolute Gasteiger partial charge is 0.489 e. The van der Waals surface area contributed by atoms with Crippen LogP contribution in [0.1, 0.15) is 16.1 Å². The second-order valence-electron chi connectivity index (χ2n) is 6.16. The molecule has 0 aliphatic rings. The Balaban J connectivity index is 1.70. The van der Waals surface area contributed by atoms with Crippen molar-refractivity contribution in [2.75, 3.05) is 33.4 Å². The number of aromatic nitrogens is 2. The number of fused-ring (bicyclic) bond motifs is 1. The molecule has 3 aromatic rings. The van der Waals surface area contributed by atoms with Crippen LogP contribution in [0.2, 0.25) is 0 Å². The van der Waals surface area contributed by atoms with E-state index in [-0.39, 0.29) is 18.3 Å². The van der Waals surface area contributed by atoms with Crippen molar-refractivity contribution < 1.29 is 18.7 Å². The molecule has 6 nitrogen and oxygen atoms in total. The highest BCUT2D eigenvalue weighted by Crippen LogP contribution is 2.15. The number of imidazole rings is 1. The summed E-state index contributed by atoms with van der Waals surface area (Å²) in [6.07, 6.45) is 3.63. The van der Waals surface area contributed by atoms with Crippen molar-refractivity contribution in [3.8, 4) is 5.75 Å². The first-order valence-corrected chi connectivity index (χ1v) is 8.69. The Kier molecular flexibility index (Phi) is 6.03. The van der Waals surface area contributed by atoms with E-state index in [1.54, 1.807) is 36.4 Å². The van der Waals surface area contributed by atoms with Crippen LogP contribution in [0, 0.1) is 12.7 Å². The monoisotopic (exact) mass is 371 g/mol. The molecule has 2 aromatic heterocycles. The van der Waals surface area contributed by atoms with Crippen molar-refractivity contribution in [3.05, 3.63) is 65.9 Å². The second-order valence-corrected chi connectivity index (χ2v) is 6.16. The first-order valence-electron chi connectivity index (χ1n) is 8.69. The van der Waals surface area contributed by atoms with E-state index in [2.05, 4.69) is 4.98 Å². The van der Waals surface area contributed by atoms with Crippen LogP contribution in [-0.4, -0.2) is 53.6 Å². The van der Waals surface area contributed by atoms with Gasteiger partial charge < -0.3 is 18.8 Å². The lowest BCUT2D eigenvalue weighted by molar-refractivity contribution is 0.0659. The number of amides is 1. The lowest BCUT2D eigenvalue weighted by Crippen LogP contribution is -2.37. The van der Waals surface area contributed by atoms with Crippen LogP contribution >= 0.6 is 0 Å². The molecule has 142 valence electrons. The molecule has 0 saturated carbocycles. The number of aryl methyl sites for hydroxylation is 1. The average molecular weight is 371 g/mol. The van der Waals surface area contributed by atoms with Crippen LogP contribution in [0.15, 0.2) is 48.8 Å². The minimum Gasteiger partial charge on any atom is -0.489 e. The van der Waals surface area contributed by atoms with Gasteiger partial charge in [0.05, 0.1) is 13.2 Å². The van der Waals surface area contributed by atoms with Gasteiger partial charge in [0.1, 0.15) is 17.9 Å². The fraction of sp³-hybridized carbons (Fsp3) is 0.300. The van der Waals surface area contributed by atoms with E-state index in [1.807, 2.05) is 29.7 Å². The van der Waals surface area contributed by atoms with Crippen LogP contribution in [0.5, 0.6) is 5.75 Å². The Morgan fingerprint density at radius 1 is 1.15 bits per heavy atom. The van der Waals surface area contributed by atoms with Gasteiger partial charge in [-0.3, -0.25) is 4.79 Å². The third kappa shape index (κ3) is 4.62. The first-order chi connectivity index (χ1) is 13.1. The topological polar surface area (TPSA) is 56.1 Å². The van der Waals surface area contributed by atoms with E-state index >= 15 is 0 Å². The Bertz CT molecular complexity index is 926. The number of hydrogen-bond acceptors (Lipinski definition) is 4. The number of carbonyl (C=O) groups is 1. The number of ether oxygens (including phenoxy) is 2. The van der Waals surface area contributed by atoms with Gasteiger partial charge in [0, 0.05) is 26.0 Å². The number of pyridine rings is 1. The maximum absolute atomic E-state index is 13.7. The summed E-state index contributed by atoms with van der Waals surface area (Å²) >= 11 is 0. The van der Waals surface area contributed by atoms with Crippen molar-refractivity contribution in [1.29, 1.82) is 0 Å². The zero-order valence-electron chi connectivity index (χ0n) is 15.4. The van der Waals surface area contributed by atoms with Crippen molar-refractivity contribution in [2.45, 2.75) is 6.92 Å². The summed E-state index contributed by atoms with van der Waals surface area (Å²) in [7, 11) is 1.58. The van der Waals surface area contributed by atoms with E-state index in [1.165, 1.54) is 6.07 Å². The predicted molar refractivity (Wildman–Crippen MR) is 99.6 cm³/mol. The van der Waals surface area contributed by atoms with E-state index in [0.29, 0.717) is 31.0 Å². The highest BCUT2D eigenvalue weighted by Gasteiger charge is 2.19. The Hall–Kier alpha value is -2.93. The molecule has 0 radical (unpaired) electrons. The minimum atomic E-state index is -0.428. The van der Waals surface area contributed by atoms with Crippen LogP contribution in [0.3, 0.4) is 0 Å². The molecule has 3 rings (SSSR count). The molecular formula is C20H22FN3O3. The summed E-state index contributed by atoms with van der Waals surface area (Å²) in [5.41, 5.74) is 2.13. The Morgan fingerprint density at radius 2 is 1.93 bits per heavy atom. The number of methoxy groups -OCH3 is 1. The van der Waals surface area contributed by atoms with Crippen LogP contribution < -0.4 is 4.74 Å². The summed E-state index contributed by atoms with van der Waals surface area (Å²) in [5.74, 6) is -0.478. The first kappa shape index (κ1) is 18.8. The molecule has 0 aliphatic heterocycles. The van der Waals surface area contributed by atoms with E-state index < -0.39 is 5.82 Å². The van der Waals surface area contributed by atoms with E-state index in [9.17, 15) is 9.18 Å². The fourth-order valence-electron chi connectivity index (χ4n) is 2.71. The summed E-state index contributed by atoms with van der Waals surface area (Å²) in [4.78, 5) is 18.9. The van der Waals surface area contributed by atoms with Gasteiger partial charge in [-0.25, -0.2) is 9.37 Å². The van der Waals surface area contributed by atoms with Crippen molar-refractivity contribution in [3.63, 3.8) is 0 Å². The molecule has 1 aromatic carbocycles. The fourth-order valence-corrected chi connectivity index (χ4v) is 2.71. The van der Waals surface area contributed by atoms with Crippen molar-refractivity contribution in [2.24, 2.45) is 0 Å². The molecule has 0 unspecified atom stereocenters. The molecule has 0 fully saturated rings. The molecule has 0 spiro atoms. The number of benzene rings is 1. The Morgan fingerprint density at radius 3 is 2.70 bits per heavy atom. The maximum atomic E-state index is 13.7. The molecule has 2 heterocycles.